The summed E-state index contributed by atoms with van der Waals surface area (Å²) in [4.78, 5) is 15.5. The minimum absolute atomic E-state index is 0.116. The van der Waals surface area contributed by atoms with Crippen molar-refractivity contribution in [3.8, 4) is 0 Å². The largest absolute Gasteiger partial charge is 0.377 e. The van der Waals surface area contributed by atoms with E-state index < -0.39 is 0 Å². The summed E-state index contributed by atoms with van der Waals surface area (Å²) in [5, 5.41) is 0. The van der Waals surface area contributed by atoms with E-state index in [0.717, 1.165) is 6.54 Å². The van der Waals surface area contributed by atoms with Gasteiger partial charge in [-0.25, -0.2) is 0 Å². The number of likely N-dealkylation sites (N-methyl/N-ethyl adjacent to an activating group) is 2. The Morgan fingerprint density at radius 3 is 2.14 bits per heavy atom. The van der Waals surface area contributed by atoms with Crippen LogP contribution in [0.15, 0.2) is 0 Å². The third-order valence-corrected chi connectivity index (χ3v) is 2.99. The molecule has 0 aromatic carbocycles. The van der Waals surface area contributed by atoms with E-state index in [4.69, 9.17) is 14.2 Å². The van der Waals surface area contributed by atoms with Crippen LogP contribution in [0, 0.1) is 0 Å². The molecule has 0 unspecified atom stereocenters. The van der Waals surface area contributed by atoms with Gasteiger partial charge in [0.1, 0.15) is 0 Å². The summed E-state index contributed by atoms with van der Waals surface area (Å²) in [6.07, 6.45) is 0.240. The van der Waals surface area contributed by atoms with Gasteiger partial charge in [-0.1, -0.05) is 6.92 Å². The van der Waals surface area contributed by atoms with Gasteiger partial charge in [0.25, 0.3) is 0 Å². The minimum atomic E-state index is 0.116. The predicted molar refractivity (Wildman–Crippen MR) is 83.5 cm³/mol. The second-order valence-electron chi connectivity index (χ2n) is 5.29. The number of hydrogen-bond acceptors (Lipinski definition) is 5. The molecule has 21 heavy (non-hydrogen) atoms. The summed E-state index contributed by atoms with van der Waals surface area (Å²) in [6, 6.07) is 0. The fourth-order valence-corrected chi connectivity index (χ4v) is 1.45. The first-order valence-electron chi connectivity index (χ1n) is 7.67. The van der Waals surface area contributed by atoms with Gasteiger partial charge in [-0.05, 0) is 27.4 Å². The zero-order valence-corrected chi connectivity index (χ0v) is 14.3. The van der Waals surface area contributed by atoms with Crippen molar-refractivity contribution in [2.45, 2.75) is 26.9 Å². The number of amides is 1. The molecule has 0 saturated heterocycles. The Balaban J connectivity index is 3.39. The number of carbonyl (C=O) groups is 1. The maximum absolute atomic E-state index is 11.8. The van der Waals surface area contributed by atoms with E-state index in [1.807, 2.05) is 32.7 Å². The van der Waals surface area contributed by atoms with Gasteiger partial charge >= 0.3 is 0 Å². The normalized spacial score (nSPS) is 11.4. The molecule has 0 saturated carbocycles. The highest BCUT2D eigenvalue weighted by atomic mass is 16.5. The third-order valence-electron chi connectivity index (χ3n) is 2.99. The topological polar surface area (TPSA) is 51.2 Å². The van der Waals surface area contributed by atoms with Crippen LogP contribution in [0.3, 0.4) is 0 Å². The molecule has 0 rings (SSSR count). The summed E-state index contributed by atoms with van der Waals surface area (Å²) in [5.74, 6) is 0.116. The number of ether oxygens (including phenoxy) is 3. The van der Waals surface area contributed by atoms with Crippen molar-refractivity contribution >= 4 is 5.91 Å². The number of hydrogen-bond donors (Lipinski definition) is 0. The molecule has 0 aromatic rings. The molecule has 0 spiro atoms. The highest BCUT2D eigenvalue weighted by Gasteiger charge is 2.10. The van der Waals surface area contributed by atoms with Crippen LogP contribution < -0.4 is 0 Å². The molecule has 0 heterocycles. The monoisotopic (exact) mass is 304 g/mol. The van der Waals surface area contributed by atoms with Crippen LogP contribution in [0.2, 0.25) is 0 Å². The molecule has 0 N–H and O–H groups in total. The molecular formula is C15H32N2O4. The van der Waals surface area contributed by atoms with E-state index in [2.05, 4.69) is 0 Å². The lowest BCUT2D eigenvalue weighted by molar-refractivity contribution is -0.131. The Bertz CT molecular complexity index is 262. The van der Waals surface area contributed by atoms with Gasteiger partial charge in [0, 0.05) is 13.6 Å². The first-order valence-corrected chi connectivity index (χ1v) is 7.67. The molecule has 0 aromatic heterocycles. The maximum atomic E-state index is 11.8. The van der Waals surface area contributed by atoms with E-state index in [1.165, 1.54) is 0 Å². The van der Waals surface area contributed by atoms with E-state index in [9.17, 15) is 4.79 Å². The van der Waals surface area contributed by atoms with Crippen molar-refractivity contribution in [2.24, 2.45) is 0 Å². The molecule has 0 atom stereocenters. The number of nitrogens with zero attached hydrogens (tertiary/aromatic N) is 2. The molecule has 0 aliphatic rings. The van der Waals surface area contributed by atoms with Crippen molar-refractivity contribution in [2.75, 3.05) is 66.8 Å². The predicted octanol–water partition coefficient (Wildman–Crippen LogP) is 0.855. The van der Waals surface area contributed by atoms with Crippen LogP contribution in [0.5, 0.6) is 0 Å². The van der Waals surface area contributed by atoms with E-state index >= 15 is 0 Å². The van der Waals surface area contributed by atoms with Gasteiger partial charge in [-0.15, -0.1) is 0 Å². The SMILES string of the molecule is CCN(C)CC(=O)N(C)CCOCCOCCOC(C)C. The second kappa shape index (κ2) is 13.0. The van der Waals surface area contributed by atoms with Crippen molar-refractivity contribution in [3.05, 3.63) is 0 Å². The lowest BCUT2D eigenvalue weighted by atomic mass is 10.4. The average molecular weight is 304 g/mol. The quantitative estimate of drug-likeness (QED) is 0.472. The Morgan fingerprint density at radius 1 is 1.00 bits per heavy atom. The van der Waals surface area contributed by atoms with Crippen molar-refractivity contribution in [3.63, 3.8) is 0 Å². The van der Waals surface area contributed by atoms with Gasteiger partial charge in [0.15, 0.2) is 0 Å². The number of carbonyl (C=O) groups excluding carboxylic acids is 1. The van der Waals surface area contributed by atoms with Crippen LogP contribution in [0.1, 0.15) is 20.8 Å². The summed E-state index contributed by atoms with van der Waals surface area (Å²) in [6.45, 7) is 10.8. The van der Waals surface area contributed by atoms with Crippen LogP contribution in [0.4, 0.5) is 0 Å². The third kappa shape index (κ3) is 12.7. The van der Waals surface area contributed by atoms with E-state index in [1.54, 1.807) is 11.9 Å². The molecule has 0 aliphatic heterocycles. The summed E-state index contributed by atoms with van der Waals surface area (Å²) in [5.41, 5.74) is 0. The Morgan fingerprint density at radius 2 is 1.57 bits per heavy atom. The fourth-order valence-electron chi connectivity index (χ4n) is 1.45. The van der Waals surface area contributed by atoms with Crippen LogP contribution in [-0.4, -0.2) is 88.6 Å². The number of rotatable bonds is 13. The van der Waals surface area contributed by atoms with Crippen LogP contribution in [0.25, 0.3) is 0 Å². The Labute approximate surface area is 129 Å². The lowest BCUT2D eigenvalue weighted by Crippen LogP contribution is -2.38. The van der Waals surface area contributed by atoms with Crippen molar-refractivity contribution < 1.29 is 19.0 Å². The molecule has 126 valence electrons. The summed E-state index contributed by atoms with van der Waals surface area (Å²) >= 11 is 0. The van der Waals surface area contributed by atoms with Crippen LogP contribution in [-0.2, 0) is 19.0 Å². The Hall–Kier alpha value is -0.690. The van der Waals surface area contributed by atoms with Crippen molar-refractivity contribution in [1.82, 2.24) is 9.80 Å². The lowest BCUT2D eigenvalue weighted by Gasteiger charge is -2.20. The highest BCUT2D eigenvalue weighted by Crippen LogP contribution is 1.91. The molecule has 0 radical (unpaired) electrons. The first kappa shape index (κ1) is 20.3. The molecule has 1 amide bonds. The summed E-state index contributed by atoms with van der Waals surface area (Å²) in [7, 11) is 3.73. The van der Waals surface area contributed by atoms with Gasteiger partial charge in [0.2, 0.25) is 5.91 Å². The van der Waals surface area contributed by atoms with Gasteiger partial charge in [-0.2, -0.15) is 0 Å². The van der Waals surface area contributed by atoms with E-state index in [-0.39, 0.29) is 12.0 Å². The van der Waals surface area contributed by atoms with Crippen molar-refractivity contribution in [1.29, 1.82) is 0 Å². The molecule has 0 aliphatic carbocycles. The highest BCUT2D eigenvalue weighted by molar-refractivity contribution is 5.77. The smallest absolute Gasteiger partial charge is 0.236 e. The summed E-state index contributed by atoms with van der Waals surface area (Å²) < 4.78 is 16.2. The molecule has 6 nitrogen and oxygen atoms in total. The Kier molecular flexibility index (Phi) is 12.6. The second-order valence-corrected chi connectivity index (χ2v) is 5.29. The fraction of sp³-hybridized carbons (Fsp3) is 0.933. The minimum Gasteiger partial charge on any atom is -0.377 e. The van der Waals surface area contributed by atoms with E-state index in [0.29, 0.717) is 46.1 Å². The molecule has 0 bridgehead atoms. The molecule has 6 heteroatoms. The van der Waals surface area contributed by atoms with Gasteiger partial charge in [-0.3, -0.25) is 9.69 Å². The maximum Gasteiger partial charge on any atom is 0.236 e. The van der Waals surface area contributed by atoms with Gasteiger partial charge < -0.3 is 19.1 Å². The zero-order chi connectivity index (χ0) is 16.1. The van der Waals surface area contributed by atoms with Crippen LogP contribution >= 0.6 is 0 Å². The zero-order valence-electron chi connectivity index (χ0n) is 14.3. The van der Waals surface area contributed by atoms with Gasteiger partial charge in [0.05, 0.1) is 45.7 Å². The average Bonchev–Trinajstić information content (AvgIpc) is 2.44. The molecular weight excluding hydrogens is 272 g/mol. The molecule has 0 fully saturated rings. The standard InChI is InChI=1S/C15H32N2O4/c1-6-16(4)13-15(18)17(5)7-8-19-9-10-20-11-12-21-14(2)3/h14H,6-13H2,1-5H3. The first-order chi connectivity index (χ1) is 9.97.